The van der Waals surface area contributed by atoms with Crippen LogP contribution in [0.15, 0.2) is 72.8 Å². The molecule has 4 nitrogen and oxygen atoms in total. The summed E-state index contributed by atoms with van der Waals surface area (Å²) in [7, 11) is 4.60. The van der Waals surface area contributed by atoms with Gasteiger partial charge in [0.05, 0.1) is 27.8 Å². The largest absolute Gasteiger partial charge is 0.493 e. The minimum Gasteiger partial charge on any atom is -0.493 e. The third-order valence-electron chi connectivity index (χ3n) is 6.43. The van der Waals surface area contributed by atoms with Crippen molar-refractivity contribution in [3.63, 3.8) is 0 Å². The molecule has 0 radical (unpaired) electrons. The summed E-state index contributed by atoms with van der Waals surface area (Å²) in [5.74, 6) is 0.890. The van der Waals surface area contributed by atoms with Gasteiger partial charge in [-0.15, -0.1) is 0 Å². The first-order valence-electron chi connectivity index (χ1n) is 11.7. The molecule has 4 heteroatoms. The molecule has 0 saturated carbocycles. The van der Waals surface area contributed by atoms with Crippen molar-refractivity contribution in [2.45, 2.75) is 32.6 Å². The summed E-state index contributed by atoms with van der Waals surface area (Å²) in [5, 5.41) is 2.30. The fourth-order valence-corrected chi connectivity index (χ4v) is 4.42. The molecule has 4 rings (SSSR count). The van der Waals surface area contributed by atoms with Crippen molar-refractivity contribution in [2.75, 3.05) is 21.3 Å². The molecule has 0 aliphatic rings. The lowest BCUT2D eigenvalue weighted by Gasteiger charge is -2.19. The van der Waals surface area contributed by atoms with Crippen LogP contribution in [0.2, 0.25) is 0 Å². The van der Waals surface area contributed by atoms with E-state index < -0.39 is 0 Å². The number of hydrogen-bond acceptors (Lipinski definition) is 4. The lowest BCUT2D eigenvalue weighted by Crippen LogP contribution is -2.10. The quantitative estimate of drug-likeness (QED) is 0.281. The van der Waals surface area contributed by atoms with Crippen molar-refractivity contribution in [3.05, 3.63) is 83.9 Å². The lowest BCUT2D eigenvalue weighted by atomic mass is 9.86. The van der Waals surface area contributed by atoms with Gasteiger partial charge in [-0.1, -0.05) is 75.4 Å². The highest BCUT2D eigenvalue weighted by atomic mass is 16.5. The maximum absolute atomic E-state index is 12.1. The van der Waals surface area contributed by atoms with E-state index in [1.54, 1.807) is 14.2 Å². The Morgan fingerprint density at radius 1 is 0.743 bits per heavy atom. The normalized spacial score (nSPS) is 11.4. The van der Waals surface area contributed by atoms with Gasteiger partial charge in [0.1, 0.15) is 0 Å². The first-order chi connectivity index (χ1) is 16.7. The first-order valence-corrected chi connectivity index (χ1v) is 11.7. The van der Waals surface area contributed by atoms with Crippen LogP contribution in [0.25, 0.3) is 33.0 Å². The summed E-state index contributed by atoms with van der Waals surface area (Å²) in [6, 6.07) is 25.4. The van der Waals surface area contributed by atoms with Crippen molar-refractivity contribution in [3.8, 4) is 33.8 Å². The molecule has 0 aliphatic heterocycles. The molecule has 0 spiro atoms. The van der Waals surface area contributed by atoms with Crippen molar-refractivity contribution in [2.24, 2.45) is 0 Å². The second-order valence-corrected chi connectivity index (χ2v) is 9.69. The van der Waals surface area contributed by atoms with E-state index in [9.17, 15) is 4.79 Å². The molecule has 0 atom stereocenters. The highest BCUT2D eigenvalue weighted by molar-refractivity contribution is 5.99. The van der Waals surface area contributed by atoms with Crippen molar-refractivity contribution in [1.82, 2.24) is 0 Å². The predicted molar refractivity (Wildman–Crippen MR) is 142 cm³/mol. The van der Waals surface area contributed by atoms with Gasteiger partial charge in [0, 0.05) is 0 Å². The van der Waals surface area contributed by atoms with Gasteiger partial charge < -0.3 is 14.2 Å². The van der Waals surface area contributed by atoms with Gasteiger partial charge in [0.15, 0.2) is 11.5 Å². The van der Waals surface area contributed by atoms with E-state index in [0.29, 0.717) is 11.5 Å². The molecule has 0 fully saturated rings. The maximum atomic E-state index is 12.1. The SMILES string of the molecule is COC(=O)Cc1cc(OC)c(OC)cc1-c1ccc2c(-c3ccc(C(C)(C)C)cc3)cccc2c1. The van der Waals surface area contributed by atoms with Crippen molar-refractivity contribution in [1.29, 1.82) is 0 Å². The van der Waals surface area contributed by atoms with Gasteiger partial charge in [-0.05, 0) is 67.8 Å². The molecule has 35 heavy (non-hydrogen) atoms. The number of rotatable bonds is 6. The Balaban J connectivity index is 1.82. The summed E-state index contributed by atoms with van der Waals surface area (Å²) in [5.41, 5.74) is 6.55. The minimum atomic E-state index is -0.305. The lowest BCUT2D eigenvalue weighted by molar-refractivity contribution is -0.139. The van der Waals surface area contributed by atoms with E-state index in [1.165, 1.54) is 29.2 Å². The zero-order valence-electron chi connectivity index (χ0n) is 21.3. The average Bonchev–Trinajstić information content (AvgIpc) is 2.87. The molecule has 4 aromatic carbocycles. The second kappa shape index (κ2) is 9.83. The van der Waals surface area contributed by atoms with Crippen molar-refractivity contribution >= 4 is 16.7 Å². The van der Waals surface area contributed by atoms with E-state index in [2.05, 4.69) is 81.4 Å². The Labute approximate surface area is 207 Å². The number of carbonyl (C=O) groups excluding carboxylic acids is 1. The minimum absolute atomic E-state index is 0.119. The summed E-state index contributed by atoms with van der Waals surface area (Å²) in [4.78, 5) is 12.1. The molecule has 0 unspecified atom stereocenters. The Bertz CT molecular complexity index is 1360. The Kier molecular flexibility index (Phi) is 6.83. The topological polar surface area (TPSA) is 44.8 Å². The van der Waals surface area contributed by atoms with E-state index in [-0.39, 0.29) is 17.8 Å². The van der Waals surface area contributed by atoms with Gasteiger partial charge >= 0.3 is 5.97 Å². The predicted octanol–water partition coefficient (Wildman–Crippen LogP) is 7.20. The average molecular weight is 469 g/mol. The highest BCUT2D eigenvalue weighted by Gasteiger charge is 2.17. The Morgan fingerprint density at radius 2 is 1.40 bits per heavy atom. The number of hydrogen-bond donors (Lipinski definition) is 0. The first kappa shape index (κ1) is 24.3. The van der Waals surface area contributed by atoms with Gasteiger partial charge in [0.25, 0.3) is 0 Å². The fraction of sp³-hybridized carbons (Fsp3) is 0.258. The second-order valence-electron chi connectivity index (χ2n) is 9.69. The number of benzene rings is 4. The molecule has 0 aromatic heterocycles. The van der Waals surface area contributed by atoms with E-state index in [4.69, 9.17) is 14.2 Å². The van der Waals surface area contributed by atoms with Crippen LogP contribution in [0.1, 0.15) is 31.9 Å². The maximum Gasteiger partial charge on any atom is 0.310 e. The van der Waals surface area contributed by atoms with Crippen molar-refractivity contribution < 1.29 is 19.0 Å². The third kappa shape index (κ3) is 5.02. The molecule has 0 amide bonds. The van der Waals surface area contributed by atoms with Crippen LogP contribution in [-0.4, -0.2) is 27.3 Å². The molecular formula is C31H32O4. The standard InChI is InChI=1S/C31H32O4/c1-31(2,3)24-13-10-20(11-14-24)25-9-7-8-21-16-22(12-15-26(21)25)27-19-29(34-5)28(33-4)17-23(27)18-30(32)35-6/h7-17,19H,18H2,1-6H3. The van der Waals surface area contributed by atoms with Crippen LogP contribution in [-0.2, 0) is 21.4 Å². The Morgan fingerprint density at radius 3 is 2.03 bits per heavy atom. The summed E-state index contributed by atoms with van der Waals surface area (Å²) >= 11 is 0. The molecule has 0 saturated heterocycles. The van der Waals surface area contributed by atoms with Crippen LogP contribution < -0.4 is 9.47 Å². The van der Waals surface area contributed by atoms with Crippen LogP contribution >= 0.6 is 0 Å². The summed E-state index contributed by atoms with van der Waals surface area (Å²) in [6.45, 7) is 6.68. The smallest absolute Gasteiger partial charge is 0.310 e. The van der Waals surface area contributed by atoms with E-state index in [0.717, 1.165) is 22.1 Å². The number of fused-ring (bicyclic) bond motifs is 1. The summed E-state index contributed by atoms with van der Waals surface area (Å²) in [6.07, 6.45) is 0.143. The monoisotopic (exact) mass is 468 g/mol. The number of carbonyl (C=O) groups is 1. The molecule has 0 heterocycles. The Hall–Kier alpha value is -3.79. The van der Waals surface area contributed by atoms with Crippen LogP contribution in [0.3, 0.4) is 0 Å². The highest BCUT2D eigenvalue weighted by Crippen LogP contribution is 2.38. The van der Waals surface area contributed by atoms with Gasteiger partial charge in [0.2, 0.25) is 0 Å². The fourth-order valence-electron chi connectivity index (χ4n) is 4.42. The molecular weight excluding hydrogens is 436 g/mol. The van der Waals surface area contributed by atoms with Gasteiger partial charge in [-0.25, -0.2) is 0 Å². The van der Waals surface area contributed by atoms with Gasteiger partial charge in [-0.2, -0.15) is 0 Å². The molecule has 4 aromatic rings. The molecule has 180 valence electrons. The van der Waals surface area contributed by atoms with Crippen LogP contribution in [0, 0.1) is 0 Å². The van der Waals surface area contributed by atoms with Crippen LogP contribution in [0.4, 0.5) is 0 Å². The van der Waals surface area contributed by atoms with E-state index in [1.807, 2.05) is 12.1 Å². The molecule has 0 bridgehead atoms. The zero-order chi connectivity index (χ0) is 25.2. The van der Waals surface area contributed by atoms with Gasteiger partial charge in [-0.3, -0.25) is 4.79 Å². The number of esters is 1. The number of methoxy groups -OCH3 is 3. The molecule has 0 aliphatic carbocycles. The number of ether oxygens (including phenoxy) is 3. The molecule has 0 N–H and O–H groups in total. The van der Waals surface area contributed by atoms with E-state index >= 15 is 0 Å². The third-order valence-corrected chi connectivity index (χ3v) is 6.43. The summed E-state index contributed by atoms with van der Waals surface area (Å²) < 4.78 is 15.9. The van der Waals surface area contributed by atoms with Crippen LogP contribution in [0.5, 0.6) is 11.5 Å². The zero-order valence-corrected chi connectivity index (χ0v) is 21.3.